The number of alkyl halides is 2. The van der Waals surface area contributed by atoms with Crippen molar-refractivity contribution in [2.45, 2.75) is 84.7 Å². The zero-order valence-corrected chi connectivity index (χ0v) is 27.5. The fourth-order valence-electron chi connectivity index (χ4n) is 6.39. The Labute approximate surface area is 276 Å². The lowest BCUT2D eigenvalue weighted by molar-refractivity contribution is -0.0350. The number of carbonyl (C=O) groups excluding carboxylic acids is 2. The van der Waals surface area contributed by atoms with Crippen molar-refractivity contribution in [3.8, 4) is 17.4 Å². The Morgan fingerprint density at radius 1 is 1.08 bits per heavy atom. The fraction of sp³-hybridized carbons (Fsp3) is 0.515. The molecule has 2 fully saturated rings. The third-order valence-electron chi connectivity index (χ3n) is 8.58. The molecule has 0 N–H and O–H groups in total. The third kappa shape index (κ3) is 6.95. The van der Waals surface area contributed by atoms with Gasteiger partial charge in [0.2, 0.25) is 0 Å². The van der Waals surface area contributed by atoms with Crippen molar-refractivity contribution in [1.29, 1.82) is 0 Å². The van der Waals surface area contributed by atoms with E-state index in [1.54, 1.807) is 24.9 Å². The van der Waals surface area contributed by atoms with E-state index in [1.807, 2.05) is 31.7 Å². The average molecular weight is 670 g/mol. The Balaban J connectivity index is 1.09. The van der Waals surface area contributed by atoms with Gasteiger partial charge in [0, 0.05) is 36.3 Å². The lowest BCUT2D eigenvalue weighted by Crippen LogP contribution is -2.65. The lowest BCUT2D eigenvalue weighted by Gasteiger charge is -2.58. The van der Waals surface area contributed by atoms with Gasteiger partial charge in [-0.25, -0.2) is 22.9 Å². The van der Waals surface area contributed by atoms with Crippen LogP contribution in [-0.2, 0) is 17.8 Å². The third-order valence-corrected chi connectivity index (χ3v) is 8.58. The maximum atomic E-state index is 14.3. The summed E-state index contributed by atoms with van der Waals surface area (Å²) in [6.07, 6.45) is 1.41. The minimum absolute atomic E-state index is 0.00429. The molecule has 1 spiro atoms. The summed E-state index contributed by atoms with van der Waals surface area (Å²) < 4.78 is 58.6. The molecule has 48 heavy (non-hydrogen) atoms. The number of hydrogen-bond donors (Lipinski definition) is 0. The molecule has 1 aromatic carbocycles. The van der Waals surface area contributed by atoms with Crippen LogP contribution in [0.4, 0.5) is 23.8 Å². The predicted octanol–water partition coefficient (Wildman–Crippen LogP) is 5.61. The Hall–Kier alpha value is -4.69. The van der Waals surface area contributed by atoms with Gasteiger partial charge in [-0.1, -0.05) is 0 Å². The van der Waals surface area contributed by atoms with E-state index in [2.05, 4.69) is 20.2 Å². The SMILES string of the molecule is CC(C)N(CC(F)F)C(=O)c1cc(F)ccc1Oc1nncnc1N1CC2(CC(Oc3ccnc4c3CN(C(=O)OC(C)(C)C)C4)C2)C1. The molecule has 1 saturated heterocycles. The Bertz CT molecular complexity index is 1690. The zero-order chi connectivity index (χ0) is 34.4. The molecule has 3 aliphatic rings. The van der Waals surface area contributed by atoms with Crippen molar-refractivity contribution in [3.05, 3.63) is 59.4 Å². The minimum Gasteiger partial charge on any atom is -0.490 e. The van der Waals surface area contributed by atoms with Gasteiger partial charge in [-0.2, -0.15) is 0 Å². The average Bonchev–Trinajstić information content (AvgIpc) is 3.42. The Kier molecular flexibility index (Phi) is 8.81. The minimum atomic E-state index is -2.76. The highest BCUT2D eigenvalue weighted by Crippen LogP contribution is 2.52. The van der Waals surface area contributed by atoms with Crippen LogP contribution in [0.25, 0.3) is 0 Å². The molecule has 2 aliphatic heterocycles. The van der Waals surface area contributed by atoms with E-state index in [-0.39, 0.29) is 28.7 Å². The number of rotatable bonds is 9. The number of hydrogen-bond acceptors (Lipinski definition) is 10. The highest BCUT2D eigenvalue weighted by Gasteiger charge is 2.54. The number of halogens is 3. The van der Waals surface area contributed by atoms with Crippen LogP contribution in [0, 0.1) is 11.2 Å². The first kappa shape index (κ1) is 33.2. The second-order valence-corrected chi connectivity index (χ2v) is 13.8. The lowest BCUT2D eigenvalue weighted by atomic mass is 9.61. The molecule has 2 aromatic heterocycles. The summed E-state index contributed by atoms with van der Waals surface area (Å²) in [5.74, 6) is -0.442. The molecule has 0 unspecified atom stereocenters. The van der Waals surface area contributed by atoms with E-state index < -0.39 is 42.4 Å². The second kappa shape index (κ2) is 12.7. The Morgan fingerprint density at radius 2 is 1.83 bits per heavy atom. The smallest absolute Gasteiger partial charge is 0.410 e. The number of amides is 2. The summed E-state index contributed by atoms with van der Waals surface area (Å²) >= 11 is 0. The number of anilines is 1. The molecular weight excluding hydrogens is 631 g/mol. The molecule has 15 heteroatoms. The summed E-state index contributed by atoms with van der Waals surface area (Å²) in [5.41, 5.74) is 0.869. The summed E-state index contributed by atoms with van der Waals surface area (Å²) in [4.78, 5) is 39.3. The number of aromatic nitrogens is 4. The first-order valence-electron chi connectivity index (χ1n) is 15.8. The number of benzene rings is 1. The summed E-state index contributed by atoms with van der Waals surface area (Å²) in [5, 5.41) is 7.91. The molecule has 0 atom stereocenters. The number of pyridine rings is 1. The van der Waals surface area contributed by atoms with E-state index in [0.717, 1.165) is 41.1 Å². The van der Waals surface area contributed by atoms with Crippen LogP contribution in [0.1, 0.15) is 69.1 Å². The van der Waals surface area contributed by atoms with Crippen molar-refractivity contribution in [1.82, 2.24) is 30.0 Å². The van der Waals surface area contributed by atoms with Crippen molar-refractivity contribution in [2.75, 3.05) is 24.5 Å². The van der Waals surface area contributed by atoms with E-state index in [4.69, 9.17) is 14.2 Å². The number of fused-ring (bicyclic) bond motifs is 1. The van der Waals surface area contributed by atoms with Gasteiger partial charge in [0.25, 0.3) is 18.2 Å². The molecule has 12 nitrogen and oxygen atoms in total. The van der Waals surface area contributed by atoms with Gasteiger partial charge in [-0.05, 0) is 71.7 Å². The van der Waals surface area contributed by atoms with Crippen molar-refractivity contribution in [3.63, 3.8) is 0 Å². The molecule has 4 heterocycles. The molecular formula is C33H38F3N7O5. The van der Waals surface area contributed by atoms with E-state index in [0.29, 0.717) is 37.7 Å². The number of ether oxygens (including phenoxy) is 3. The summed E-state index contributed by atoms with van der Waals surface area (Å²) in [6.45, 7) is 9.91. The van der Waals surface area contributed by atoms with E-state index >= 15 is 0 Å². The van der Waals surface area contributed by atoms with Crippen LogP contribution >= 0.6 is 0 Å². The van der Waals surface area contributed by atoms with E-state index in [9.17, 15) is 22.8 Å². The van der Waals surface area contributed by atoms with E-state index in [1.165, 1.54) is 12.4 Å². The quantitative estimate of drug-likeness (QED) is 0.284. The van der Waals surface area contributed by atoms with Gasteiger partial charge in [0.15, 0.2) is 5.82 Å². The van der Waals surface area contributed by atoms with Crippen LogP contribution in [0.2, 0.25) is 0 Å². The maximum Gasteiger partial charge on any atom is 0.410 e. The summed E-state index contributed by atoms with van der Waals surface area (Å²) in [6, 6.07) is 4.60. The normalized spacial score (nSPS) is 16.9. The second-order valence-electron chi connectivity index (χ2n) is 13.8. The largest absolute Gasteiger partial charge is 0.490 e. The number of carbonyl (C=O) groups is 2. The molecule has 0 bridgehead atoms. The Morgan fingerprint density at radius 3 is 2.52 bits per heavy atom. The van der Waals surface area contributed by atoms with Crippen molar-refractivity contribution in [2.24, 2.45) is 5.41 Å². The first-order valence-corrected chi connectivity index (χ1v) is 15.8. The van der Waals surface area contributed by atoms with Gasteiger partial charge >= 0.3 is 6.09 Å². The monoisotopic (exact) mass is 669 g/mol. The molecule has 3 aromatic rings. The standard InChI is InChI=1S/C33H38F3N7O5/c1-19(2)43(15-27(35)36)30(44)22-10-20(34)6-7-25(22)47-29-28(38-18-39-40-29)42-16-33(17-42)11-21(12-33)46-26-8-9-37-24-14-41(13-23(24)26)31(45)48-32(3,4)5/h6-10,18-19,21,27H,11-17H2,1-5H3. The molecule has 256 valence electrons. The van der Waals surface area contributed by atoms with Gasteiger partial charge in [-0.3, -0.25) is 14.7 Å². The summed E-state index contributed by atoms with van der Waals surface area (Å²) in [7, 11) is 0. The molecule has 0 radical (unpaired) electrons. The molecule has 2 amide bonds. The highest BCUT2D eigenvalue weighted by atomic mass is 19.3. The first-order chi connectivity index (χ1) is 22.7. The molecule has 1 aliphatic carbocycles. The molecule has 6 rings (SSSR count). The number of nitrogens with zero attached hydrogens (tertiary/aromatic N) is 7. The fourth-order valence-corrected chi connectivity index (χ4v) is 6.39. The van der Waals surface area contributed by atoms with Gasteiger partial charge < -0.3 is 24.0 Å². The van der Waals surface area contributed by atoms with Crippen LogP contribution in [0.15, 0.2) is 36.8 Å². The van der Waals surface area contributed by atoms with Crippen LogP contribution in [-0.4, -0.2) is 85.8 Å². The molecule has 1 saturated carbocycles. The van der Waals surface area contributed by atoms with Crippen LogP contribution in [0.5, 0.6) is 17.4 Å². The van der Waals surface area contributed by atoms with Crippen molar-refractivity contribution >= 4 is 17.8 Å². The maximum absolute atomic E-state index is 14.3. The van der Waals surface area contributed by atoms with Crippen LogP contribution < -0.4 is 14.4 Å². The topological polar surface area (TPSA) is 123 Å². The van der Waals surface area contributed by atoms with Gasteiger partial charge in [-0.15, -0.1) is 10.2 Å². The van der Waals surface area contributed by atoms with Crippen LogP contribution in [0.3, 0.4) is 0 Å². The zero-order valence-electron chi connectivity index (χ0n) is 27.5. The predicted molar refractivity (Wildman–Crippen MR) is 166 cm³/mol. The van der Waals surface area contributed by atoms with Crippen molar-refractivity contribution < 1.29 is 37.0 Å². The van der Waals surface area contributed by atoms with Gasteiger partial charge in [0.1, 0.15) is 35.3 Å². The van der Waals surface area contributed by atoms with Gasteiger partial charge in [0.05, 0.1) is 30.9 Å². The highest BCUT2D eigenvalue weighted by molar-refractivity contribution is 5.97.